The van der Waals surface area contributed by atoms with Gasteiger partial charge in [-0.25, -0.2) is 0 Å². The van der Waals surface area contributed by atoms with E-state index in [0.717, 1.165) is 28.5 Å². The Balaban J connectivity index is 2.12. The fourth-order valence-electron chi connectivity index (χ4n) is 2.26. The van der Waals surface area contributed by atoms with Gasteiger partial charge in [-0.3, -0.25) is 24.3 Å². The number of rotatable bonds is 6. The summed E-state index contributed by atoms with van der Waals surface area (Å²) < 4.78 is 1.02. The summed E-state index contributed by atoms with van der Waals surface area (Å²) in [5.74, 6) is -0.403. The van der Waals surface area contributed by atoms with E-state index in [2.05, 4.69) is 5.32 Å². The van der Waals surface area contributed by atoms with Crippen molar-refractivity contribution in [1.82, 2.24) is 9.88 Å². The third-order valence-corrected chi connectivity index (χ3v) is 3.76. The molecular weight excluding hydrogens is 334 g/mol. The summed E-state index contributed by atoms with van der Waals surface area (Å²) in [6.07, 6.45) is 1.71. The number of amides is 1. The molecule has 0 saturated heterocycles. The number of hydrogen-bond donors (Lipinski definition) is 1. The number of halogens is 1. The number of carbonyl (C=O) groups excluding carboxylic acids is 1. The normalized spacial score (nSPS) is 11.8. The van der Waals surface area contributed by atoms with Crippen molar-refractivity contribution in [3.8, 4) is 0 Å². The quantitative estimate of drug-likeness (QED) is 0.640. The van der Waals surface area contributed by atoms with Crippen molar-refractivity contribution in [3.63, 3.8) is 0 Å². The van der Waals surface area contributed by atoms with Crippen LogP contribution in [0.25, 0.3) is 0 Å². The SMILES string of the molecule is CCC(NC(=O)Cn1cc([N+](=O)[O-])ccc1=O)c1ccc(Cl)cc1. The van der Waals surface area contributed by atoms with E-state index in [-0.39, 0.29) is 18.3 Å². The molecule has 1 amide bonds. The van der Waals surface area contributed by atoms with Gasteiger partial charge in [0.1, 0.15) is 6.54 Å². The maximum Gasteiger partial charge on any atom is 0.285 e. The zero-order valence-corrected chi connectivity index (χ0v) is 13.7. The first-order valence-electron chi connectivity index (χ1n) is 7.30. The first kappa shape index (κ1) is 17.7. The highest BCUT2D eigenvalue weighted by atomic mass is 35.5. The van der Waals surface area contributed by atoms with E-state index in [9.17, 15) is 19.7 Å². The van der Waals surface area contributed by atoms with Crippen molar-refractivity contribution in [2.75, 3.05) is 0 Å². The average molecular weight is 350 g/mol. The summed E-state index contributed by atoms with van der Waals surface area (Å²) in [5.41, 5.74) is 0.170. The molecular formula is C16H16ClN3O4. The molecule has 1 atom stereocenters. The summed E-state index contributed by atoms with van der Waals surface area (Å²) in [5, 5.41) is 14.2. The van der Waals surface area contributed by atoms with Crippen LogP contribution in [0.1, 0.15) is 24.9 Å². The van der Waals surface area contributed by atoms with Crippen molar-refractivity contribution in [2.24, 2.45) is 0 Å². The van der Waals surface area contributed by atoms with E-state index >= 15 is 0 Å². The molecule has 8 heteroatoms. The highest BCUT2D eigenvalue weighted by Gasteiger charge is 2.15. The van der Waals surface area contributed by atoms with Crippen LogP contribution in [0, 0.1) is 10.1 Å². The molecule has 0 aliphatic carbocycles. The summed E-state index contributed by atoms with van der Waals surface area (Å²) in [4.78, 5) is 34.1. The standard InChI is InChI=1S/C16H16ClN3O4/c1-2-14(11-3-5-12(17)6-4-11)18-15(21)10-19-9-13(20(23)24)7-8-16(19)22/h3-9,14H,2,10H2,1H3,(H,18,21). The maximum absolute atomic E-state index is 12.2. The topological polar surface area (TPSA) is 94.2 Å². The van der Waals surface area contributed by atoms with E-state index in [4.69, 9.17) is 11.6 Å². The summed E-state index contributed by atoms with van der Waals surface area (Å²) in [6, 6.07) is 9.05. The van der Waals surface area contributed by atoms with Crippen molar-refractivity contribution in [3.05, 3.63) is 73.6 Å². The van der Waals surface area contributed by atoms with Crippen molar-refractivity contribution in [1.29, 1.82) is 0 Å². The Hall–Kier alpha value is -2.67. The van der Waals surface area contributed by atoms with Gasteiger partial charge in [0.15, 0.2) is 0 Å². The van der Waals surface area contributed by atoms with Crippen LogP contribution in [0.3, 0.4) is 0 Å². The van der Waals surface area contributed by atoms with E-state index < -0.39 is 16.4 Å². The first-order valence-corrected chi connectivity index (χ1v) is 7.68. The lowest BCUT2D eigenvalue weighted by Gasteiger charge is -2.18. The van der Waals surface area contributed by atoms with Gasteiger partial charge in [-0.1, -0.05) is 30.7 Å². The Morgan fingerprint density at radius 1 is 1.29 bits per heavy atom. The van der Waals surface area contributed by atoms with Crippen LogP contribution in [0.2, 0.25) is 5.02 Å². The van der Waals surface area contributed by atoms with E-state index in [1.807, 2.05) is 19.1 Å². The minimum atomic E-state index is -0.615. The van der Waals surface area contributed by atoms with Gasteiger partial charge in [-0.2, -0.15) is 0 Å². The molecule has 2 rings (SSSR count). The highest BCUT2D eigenvalue weighted by molar-refractivity contribution is 6.30. The largest absolute Gasteiger partial charge is 0.348 e. The molecule has 0 bridgehead atoms. The Morgan fingerprint density at radius 2 is 1.96 bits per heavy atom. The molecule has 1 N–H and O–H groups in total. The van der Waals surface area contributed by atoms with Crippen molar-refractivity contribution < 1.29 is 9.72 Å². The number of nitrogens with zero attached hydrogens (tertiary/aromatic N) is 2. The number of pyridine rings is 1. The Morgan fingerprint density at radius 3 is 2.54 bits per heavy atom. The van der Waals surface area contributed by atoms with Gasteiger partial charge in [0.2, 0.25) is 5.91 Å². The number of nitrogens with one attached hydrogen (secondary N) is 1. The Kier molecular flexibility index (Phi) is 5.70. The molecule has 0 spiro atoms. The van der Waals surface area contributed by atoms with Gasteiger partial charge in [0.05, 0.1) is 17.2 Å². The summed E-state index contributed by atoms with van der Waals surface area (Å²) in [7, 11) is 0. The number of nitro groups is 1. The number of hydrogen-bond acceptors (Lipinski definition) is 4. The average Bonchev–Trinajstić information content (AvgIpc) is 2.55. The Bertz CT molecular complexity index is 802. The fourth-order valence-corrected chi connectivity index (χ4v) is 2.39. The predicted molar refractivity (Wildman–Crippen MR) is 90.0 cm³/mol. The van der Waals surface area contributed by atoms with E-state index in [0.29, 0.717) is 11.4 Å². The molecule has 1 aromatic heterocycles. The molecule has 24 heavy (non-hydrogen) atoms. The first-order chi connectivity index (χ1) is 11.4. The molecule has 1 unspecified atom stereocenters. The van der Waals surface area contributed by atoms with Gasteiger partial charge >= 0.3 is 0 Å². The van der Waals surface area contributed by atoms with Gasteiger partial charge in [-0.15, -0.1) is 0 Å². The molecule has 0 radical (unpaired) electrons. The highest BCUT2D eigenvalue weighted by Crippen LogP contribution is 2.19. The second-order valence-electron chi connectivity index (χ2n) is 5.19. The maximum atomic E-state index is 12.2. The molecule has 0 saturated carbocycles. The number of aromatic nitrogens is 1. The second-order valence-corrected chi connectivity index (χ2v) is 5.63. The zero-order chi connectivity index (χ0) is 17.7. The van der Waals surface area contributed by atoms with Crippen LogP contribution in [0.15, 0.2) is 47.4 Å². The molecule has 0 fully saturated rings. The van der Waals surface area contributed by atoms with Gasteiger partial charge in [0.25, 0.3) is 11.2 Å². The molecule has 0 aliphatic rings. The molecule has 1 heterocycles. The van der Waals surface area contributed by atoms with Crippen molar-refractivity contribution in [2.45, 2.75) is 25.9 Å². The molecule has 1 aromatic carbocycles. The van der Waals surface area contributed by atoms with Crippen LogP contribution < -0.4 is 10.9 Å². The van der Waals surface area contributed by atoms with Gasteiger partial charge < -0.3 is 5.32 Å². The van der Waals surface area contributed by atoms with Gasteiger partial charge in [0, 0.05) is 17.2 Å². The minimum absolute atomic E-state index is 0.232. The van der Waals surface area contributed by atoms with Crippen LogP contribution in [0.5, 0.6) is 0 Å². The molecule has 126 valence electrons. The smallest absolute Gasteiger partial charge is 0.285 e. The lowest BCUT2D eigenvalue weighted by Crippen LogP contribution is -2.34. The number of carbonyl (C=O) groups is 1. The molecule has 0 aliphatic heterocycles. The molecule has 7 nitrogen and oxygen atoms in total. The second kappa shape index (κ2) is 7.74. The minimum Gasteiger partial charge on any atom is -0.348 e. The molecule has 2 aromatic rings. The summed E-state index contributed by atoms with van der Waals surface area (Å²) >= 11 is 5.85. The lowest BCUT2D eigenvalue weighted by molar-refractivity contribution is -0.385. The lowest BCUT2D eigenvalue weighted by atomic mass is 10.0. The number of benzene rings is 1. The van der Waals surface area contributed by atoms with E-state index in [1.165, 1.54) is 0 Å². The zero-order valence-electron chi connectivity index (χ0n) is 12.9. The monoisotopic (exact) mass is 349 g/mol. The van der Waals surface area contributed by atoms with Crippen LogP contribution in [-0.2, 0) is 11.3 Å². The predicted octanol–water partition coefficient (Wildman–Crippen LogP) is 2.68. The van der Waals surface area contributed by atoms with Crippen LogP contribution in [0.4, 0.5) is 5.69 Å². The van der Waals surface area contributed by atoms with Crippen LogP contribution in [-0.4, -0.2) is 15.4 Å². The van der Waals surface area contributed by atoms with Crippen LogP contribution >= 0.6 is 11.6 Å². The van der Waals surface area contributed by atoms with E-state index in [1.54, 1.807) is 12.1 Å². The third kappa shape index (κ3) is 4.42. The van der Waals surface area contributed by atoms with Crippen molar-refractivity contribution >= 4 is 23.2 Å². The fraction of sp³-hybridized carbons (Fsp3) is 0.250. The summed E-state index contributed by atoms with van der Waals surface area (Å²) in [6.45, 7) is 1.63. The third-order valence-electron chi connectivity index (χ3n) is 3.51. The Labute approximate surface area is 143 Å². The van der Waals surface area contributed by atoms with Gasteiger partial charge in [-0.05, 0) is 24.1 Å².